The second-order valence-corrected chi connectivity index (χ2v) is 5.04. The van der Waals surface area contributed by atoms with E-state index in [0.29, 0.717) is 34.4 Å². The van der Waals surface area contributed by atoms with Gasteiger partial charge in [-0.15, -0.1) is 0 Å². The number of aromatic nitrogens is 4. The van der Waals surface area contributed by atoms with Crippen molar-refractivity contribution in [1.29, 1.82) is 0 Å². The zero-order valence-electron chi connectivity index (χ0n) is 10.6. The number of halogens is 1. The zero-order valence-corrected chi connectivity index (χ0v) is 12.2. The third-order valence-corrected chi connectivity index (χ3v) is 3.11. The summed E-state index contributed by atoms with van der Waals surface area (Å²) in [5.41, 5.74) is 0.909. The van der Waals surface area contributed by atoms with Crippen LogP contribution in [0.25, 0.3) is 0 Å². The van der Waals surface area contributed by atoms with Gasteiger partial charge in [-0.2, -0.15) is 0 Å². The van der Waals surface area contributed by atoms with Crippen LogP contribution in [0.5, 0.6) is 0 Å². The van der Waals surface area contributed by atoms with Crippen molar-refractivity contribution in [3.05, 3.63) is 35.0 Å². The fraction of sp³-hybridized carbons (Fsp3) is 0.333. The van der Waals surface area contributed by atoms with Gasteiger partial charge in [0, 0.05) is 24.6 Å². The van der Waals surface area contributed by atoms with Crippen molar-refractivity contribution in [2.45, 2.75) is 30.6 Å². The van der Waals surface area contributed by atoms with Gasteiger partial charge in [-0.1, -0.05) is 11.6 Å². The second-order valence-electron chi connectivity index (χ2n) is 3.66. The molecule has 0 bridgehead atoms. The SMILES string of the molecule is CCOCc1nc(Cl)cc(Sc2nccc(C)n2)n1. The van der Waals surface area contributed by atoms with E-state index in [9.17, 15) is 0 Å². The van der Waals surface area contributed by atoms with Gasteiger partial charge in [-0.3, -0.25) is 0 Å². The third-order valence-electron chi connectivity index (χ3n) is 2.12. The van der Waals surface area contributed by atoms with E-state index in [4.69, 9.17) is 16.3 Å². The summed E-state index contributed by atoms with van der Waals surface area (Å²) in [7, 11) is 0. The van der Waals surface area contributed by atoms with Crippen molar-refractivity contribution < 1.29 is 4.74 Å². The van der Waals surface area contributed by atoms with E-state index in [2.05, 4.69) is 19.9 Å². The lowest BCUT2D eigenvalue weighted by Crippen LogP contribution is -2.00. The van der Waals surface area contributed by atoms with Crippen LogP contribution in [-0.2, 0) is 11.3 Å². The van der Waals surface area contributed by atoms with E-state index in [0.717, 1.165) is 5.69 Å². The second kappa shape index (κ2) is 6.79. The smallest absolute Gasteiger partial charge is 0.194 e. The predicted octanol–water partition coefficient (Wildman–Crippen LogP) is 2.92. The van der Waals surface area contributed by atoms with Crippen molar-refractivity contribution in [3.63, 3.8) is 0 Å². The fourth-order valence-electron chi connectivity index (χ4n) is 1.32. The Hall–Kier alpha value is -1.24. The van der Waals surface area contributed by atoms with E-state index in [1.54, 1.807) is 12.3 Å². The minimum atomic E-state index is 0.347. The molecule has 0 unspecified atom stereocenters. The van der Waals surface area contributed by atoms with Crippen molar-refractivity contribution >= 4 is 23.4 Å². The zero-order chi connectivity index (χ0) is 13.7. The molecule has 0 fully saturated rings. The van der Waals surface area contributed by atoms with Gasteiger partial charge in [-0.25, -0.2) is 19.9 Å². The number of aryl methyl sites for hydroxylation is 1. The van der Waals surface area contributed by atoms with Crippen molar-refractivity contribution in [1.82, 2.24) is 19.9 Å². The maximum atomic E-state index is 5.97. The Morgan fingerprint density at radius 1 is 1.32 bits per heavy atom. The standard InChI is InChI=1S/C12H13ClN4OS/c1-3-18-7-10-16-9(13)6-11(17-10)19-12-14-5-4-8(2)15-12/h4-6H,3,7H2,1-2H3. The number of ether oxygens (including phenoxy) is 1. The maximum Gasteiger partial charge on any atom is 0.194 e. The predicted molar refractivity (Wildman–Crippen MR) is 73.3 cm³/mol. The number of rotatable bonds is 5. The van der Waals surface area contributed by atoms with E-state index in [-0.39, 0.29) is 0 Å². The fourth-order valence-corrected chi connectivity index (χ4v) is 2.40. The van der Waals surface area contributed by atoms with Gasteiger partial charge in [0.05, 0.1) is 0 Å². The highest BCUT2D eigenvalue weighted by molar-refractivity contribution is 7.99. The van der Waals surface area contributed by atoms with Crippen molar-refractivity contribution in [2.24, 2.45) is 0 Å². The monoisotopic (exact) mass is 296 g/mol. The Bertz CT molecular complexity index is 567. The van der Waals surface area contributed by atoms with E-state index < -0.39 is 0 Å². The first-order chi connectivity index (χ1) is 9.17. The molecule has 0 amide bonds. The van der Waals surface area contributed by atoms with Crippen LogP contribution in [0.15, 0.2) is 28.5 Å². The first kappa shape index (κ1) is 14.2. The molecule has 0 saturated heterocycles. The molecule has 2 aromatic rings. The molecule has 2 heterocycles. The van der Waals surface area contributed by atoms with Gasteiger partial charge < -0.3 is 4.74 Å². The molecule has 0 N–H and O–H groups in total. The van der Waals surface area contributed by atoms with Gasteiger partial charge in [0.1, 0.15) is 16.8 Å². The van der Waals surface area contributed by atoms with Crippen LogP contribution >= 0.6 is 23.4 Å². The molecule has 5 nitrogen and oxygen atoms in total. The highest BCUT2D eigenvalue weighted by Gasteiger charge is 2.07. The molecule has 0 aliphatic carbocycles. The van der Waals surface area contributed by atoms with E-state index >= 15 is 0 Å². The van der Waals surface area contributed by atoms with Crippen LogP contribution in [0, 0.1) is 6.92 Å². The summed E-state index contributed by atoms with van der Waals surface area (Å²) in [5, 5.41) is 1.73. The largest absolute Gasteiger partial charge is 0.374 e. The first-order valence-corrected chi connectivity index (χ1v) is 6.95. The molecule has 0 saturated carbocycles. The molecule has 2 aromatic heterocycles. The van der Waals surface area contributed by atoms with Crippen LogP contribution in [0.1, 0.15) is 18.4 Å². The van der Waals surface area contributed by atoms with Gasteiger partial charge in [0.25, 0.3) is 0 Å². The normalized spacial score (nSPS) is 10.7. The van der Waals surface area contributed by atoms with E-state index in [1.165, 1.54) is 11.8 Å². The highest BCUT2D eigenvalue weighted by atomic mass is 35.5. The molecule has 100 valence electrons. The lowest BCUT2D eigenvalue weighted by Gasteiger charge is -2.04. The molecule has 0 aliphatic rings. The van der Waals surface area contributed by atoms with Crippen molar-refractivity contribution in [3.8, 4) is 0 Å². The number of hydrogen-bond acceptors (Lipinski definition) is 6. The highest BCUT2D eigenvalue weighted by Crippen LogP contribution is 2.24. The average molecular weight is 297 g/mol. The quantitative estimate of drug-likeness (QED) is 0.624. The minimum Gasteiger partial charge on any atom is -0.374 e. The van der Waals surface area contributed by atoms with Gasteiger partial charge in [0.15, 0.2) is 11.0 Å². The molecular weight excluding hydrogens is 284 g/mol. The summed E-state index contributed by atoms with van der Waals surface area (Å²) >= 11 is 7.32. The number of hydrogen-bond donors (Lipinski definition) is 0. The van der Waals surface area contributed by atoms with E-state index in [1.807, 2.05) is 19.9 Å². The van der Waals surface area contributed by atoms with Crippen LogP contribution in [0.4, 0.5) is 0 Å². The first-order valence-electron chi connectivity index (χ1n) is 5.76. The Balaban J connectivity index is 2.17. The van der Waals surface area contributed by atoms with Gasteiger partial charge in [-0.05, 0) is 31.7 Å². The molecular formula is C12H13ClN4OS. The molecule has 0 aromatic carbocycles. The van der Waals surface area contributed by atoms with Gasteiger partial charge in [0.2, 0.25) is 0 Å². The Labute approximate surface area is 120 Å². The van der Waals surface area contributed by atoms with Crippen molar-refractivity contribution in [2.75, 3.05) is 6.61 Å². The third kappa shape index (κ3) is 4.41. The Morgan fingerprint density at radius 2 is 2.16 bits per heavy atom. The molecule has 0 atom stereocenters. The molecule has 19 heavy (non-hydrogen) atoms. The average Bonchev–Trinajstić information content (AvgIpc) is 2.35. The van der Waals surface area contributed by atoms with Gasteiger partial charge >= 0.3 is 0 Å². The molecule has 0 aliphatic heterocycles. The summed E-state index contributed by atoms with van der Waals surface area (Å²) in [6.07, 6.45) is 1.72. The summed E-state index contributed by atoms with van der Waals surface area (Å²) in [6.45, 7) is 4.79. The molecule has 7 heteroatoms. The minimum absolute atomic E-state index is 0.347. The van der Waals surface area contributed by atoms with Crippen LogP contribution in [0.2, 0.25) is 5.15 Å². The molecule has 0 spiro atoms. The molecule has 0 radical (unpaired) electrons. The Morgan fingerprint density at radius 3 is 2.89 bits per heavy atom. The molecule has 2 rings (SSSR count). The summed E-state index contributed by atoms with van der Waals surface area (Å²) < 4.78 is 5.27. The summed E-state index contributed by atoms with van der Waals surface area (Å²) in [6, 6.07) is 3.53. The van der Waals surface area contributed by atoms with Crippen LogP contribution in [0.3, 0.4) is 0 Å². The topological polar surface area (TPSA) is 60.8 Å². The summed E-state index contributed by atoms with van der Waals surface area (Å²) in [4.78, 5) is 16.9. The number of nitrogens with zero attached hydrogens (tertiary/aromatic N) is 4. The van der Waals surface area contributed by atoms with Crippen LogP contribution < -0.4 is 0 Å². The lowest BCUT2D eigenvalue weighted by molar-refractivity contribution is 0.128. The lowest BCUT2D eigenvalue weighted by atomic mass is 10.5. The summed E-state index contributed by atoms with van der Waals surface area (Å²) in [5.74, 6) is 0.560. The Kier molecular flexibility index (Phi) is 5.07. The van der Waals surface area contributed by atoms with Crippen LogP contribution in [-0.4, -0.2) is 26.5 Å². The maximum absolute atomic E-state index is 5.97.